The fraction of sp³-hybridized carbons (Fsp3) is 0.429. The molecule has 0 radical (unpaired) electrons. The van der Waals surface area contributed by atoms with Gasteiger partial charge in [-0.05, 0) is 43.9 Å². The first-order valence-corrected chi connectivity index (χ1v) is 9.87. The molecule has 0 atom stereocenters. The summed E-state index contributed by atoms with van der Waals surface area (Å²) in [6, 6.07) is 8.26. The standard InChI is InChI=1S/C21H26N4O4/c1-3-29-21-17(5-4-10-22-21)14-23-20(26)16-6-7-18(19(13-16)25(27)28)24-11-8-15(2)9-12-24/h4-7,10,13,15H,3,8-9,11-12,14H2,1-2H3,(H,23,26). The zero-order chi connectivity index (χ0) is 20.8. The van der Waals surface area contributed by atoms with Gasteiger partial charge in [-0.2, -0.15) is 0 Å². The van der Waals surface area contributed by atoms with Crippen molar-refractivity contribution in [1.82, 2.24) is 10.3 Å². The lowest BCUT2D eigenvalue weighted by Gasteiger charge is -2.31. The molecule has 3 rings (SSSR count). The zero-order valence-electron chi connectivity index (χ0n) is 16.8. The maximum absolute atomic E-state index is 12.6. The number of nitro benzene ring substituents is 1. The number of amides is 1. The van der Waals surface area contributed by atoms with Crippen LogP contribution in [-0.4, -0.2) is 35.5 Å². The van der Waals surface area contributed by atoms with Crippen LogP contribution in [0.5, 0.6) is 5.88 Å². The van der Waals surface area contributed by atoms with Crippen LogP contribution in [0.3, 0.4) is 0 Å². The first-order valence-electron chi connectivity index (χ1n) is 9.87. The van der Waals surface area contributed by atoms with Crippen molar-refractivity contribution in [3.63, 3.8) is 0 Å². The van der Waals surface area contributed by atoms with Crippen LogP contribution in [0.1, 0.15) is 42.6 Å². The second-order valence-electron chi connectivity index (χ2n) is 7.21. The van der Waals surface area contributed by atoms with Gasteiger partial charge in [0.05, 0.1) is 11.5 Å². The van der Waals surface area contributed by atoms with Gasteiger partial charge in [-0.1, -0.05) is 13.0 Å². The fourth-order valence-electron chi connectivity index (χ4n) is 3.43. The third-order valence-electron chi connectivity index (χ3n) is 5.13. The van der Waals surface area contributed by atoms with E-state index in [1.54, 1.807) is 24.4 Å². The molecule has 2 aromatic rings. The molecule has 8 nitrogen and oxygen atoms in total. The highest BCUT2D eigenvalue weighted by molar-refractivity contribution is 5.95. The average Bonchev–Trinajstić information content (AvgIpc) is 2.73. The fourth-order valence-corrected chi connectivity index (χ4v) is 3.43. The molecule has 1 fully saturated rings. The Hall–Kier alpha value is -3.16. The molecule has 1 aliphatic rings. The molecule has 29 heavy (non-hydrogen) atoms. The van der Waals surface area contributed by atoms with Gasteiger partial charge in [0.15, 0.2) is 0 Å². The number of pyridine rings is 1. The smallest absolute Gasteiger partial charge is 0.293 e. The molecule has 1 aliphatic heterocycles. The summed E-state index contributed by atoms with van der Waals surface area (Å²) in [4.78, 5) is 30.0. The Bertz CT molecular complexity index is 879. The summed E-state index contributed by atoms with van der Waals surface area (Å²) in [6.07, 6.45) is 3.64. The predicted octanol–water partition coefficient (Wildman–Crippen LogP) is 3.55. The van der Waals surface area contributed by atoms with Crippen LogP contribution in [0.4, 0.5) is 11.4 Å². The van der Waals surface area contributed by atoms with Crippen LogP contribution >= 0.6 is 0 Å². The van der Waals surface area contributed by atoms with Crippen molar-refractivity contribution in [3.8, 4) is 5.88 Å². The molecule has 1 saturated heterocycles. The highest BCUT2D eigenvalue weighted by atomic mass is 16.6. The molecule has 1 aromatic heterocycles. The Kier molecular flexibility index (Phi) is 6.64. The molecule has 8 heteroatoms. The molecule has 0 unspecified atom stereocenters. The maximum atomic E-state index is 12.6. The lowest BCUT2D eigenvalue weighted by Crippen LogP contribution is -2.33. The molecule has 0 spiro atoms. The highest BCUT2D eigenvalue weighted by Crippen LogP contribution is 2.32. The van der Waals surface area contributed by atoms with Gasteiger partial charge < -0.3 is 15.0 Å². The van der Waals surface area contributed by atoms with Crippen LogP contribution in [0.15, 0.2) is 36.5 Å². The van der Waals surface area contributed by atoms with Crippen LogP contribution in [0.2, 0.25) is 0 Å². The highest BCUT2D eigenvalue weighted by Gasteiger charge is 2.24. The normalized spacial score (nSPS) is 14.5. The van der Waals surface area contributed by atoms with Crippen molar-refractivity contribution in [2.75, 3.05) is 24.6 Å². The van der Waals surface area contributed by atoms with Crippen molar-refractivity contribution < 1.29 is 14.5 Å². The minimum absolute atomic E-state index is 0.0383. The van der Waals surface area contributed by atoms with E-state index in [9.17, 15) is 14.9 Å². The number of nitrogens with one attached hydrogen (secondary N) is 1. The molecule has 1 aromatic carbocycles. The number of nitro groups is 1. The van der Waals surface area contributed by atoms with E-state index in [1.807, 2.05) is 17.9 Å². The van der Waals surface area contributed by atoms with Crippen LogP contribution in [0.25, 0.3) is 0 Å². The maximum Gasteiger partial charge on any atom is 0.293 e. The van der Waals surface area contributed by atoms with E-state index in [0.29, 0.717) is 24.1 Å². The van der Waals surface area contributed by atoms with Gasteiger partial charge in [0.25, 0.3) is 11.6 Å². The average molecular weight is 398 g/mol. The minimum Gasteiger partial charge on any atom is -0.478 e. The molecule has 0 bridgehead atoms. The van der Waals surface area contributed by atoms with E-state index in [0.717, 1.165) is 31.5 Å². The Morgan fingerprint density at radius 2 is 2.10 bits per heavy atom. The van der Waals surface area contributed by atoms with Crippen molar-refractivity contribution in [2.45, 2.75) is 33.2 Å². The van der Waals surface area contributed by atoms with E-state index in [-0.39, 0.29) is 23.7 Å². The van der Waals surface area contributed by atoms with Crippen LogP contribution < -0.4 is 15.0 Å². The number of ether oxygens (including phenoxy) is 1. The van der Waals surface area contributed by atoms with Crippen molar-refractivity contribution in [1.29, 1.82) is 0 Å². The van der Waals surface area contributed by atoms with Gasteiger partial charge in [0.1, 0.15) is 5.69 Å². The summed E-state index contributed by atoms with van der Waals surface area (Å²) >= 11 is 0. The number of hydrogen-bond acceptors (Lipinski definition) is 6. The second-order valence-corrected chi connectivity index (χ2v) is 7.21. The molecular weight excluding hydrogens is 372 g/mol. The van der Waals surface area contributed by atoms with E-state index < -0.39 is 4.92 Å². The summed E-state index contributed by atoms with van der Waals surface area (Å²) in [5.41, 5.74) is 1.54. The molecule has 0 aliphatic carbocycles. The van der Waals surface area contributed by atoms with E-state index >= 15 is 0 Å². The molecule has 2 heterocycles. The van der Waals surface area contributed by atoms with Crippen LogP contribution in [-0.2, 0) is 6.54 Å². The van der Waals surface area contributed by atoms with Crippen molar-refractivity contribution in [3.05, 3.63) is 57.8 Å². The molecular formula is C21H26N4O4. The first kappa shape index (κ1) is 20.6. The Labute approximate surface area is 170 Å². The Morgan fingerprint density at radius 1 is 1.34 bits per heavy atom. The van der Waals surface area contributed by atoms with E-state index in [2.05, 4.69) is 17.2 Å². The third kappa shape index (κ3) is 5.01. The SMILES string of the molecule is CCOc1ncccc1CNC(=O)c1ccc(N2CCC(C)CC2)c([N+](=O)[O-])c1. The van der Waals surface area contributed by atoms with E-state index in [1.165, 1.54) is 6.07 Å². The first-order chi connectivity index (χ1) is 14.0. The van der Waals surface area contributed by atoms with Gasteiger partial charge in [-0.15, -0.1) is 0 Å². The molecule has 1 amide bonds. The van der Waals surface area contributed by atoms with Gasteiger partial charge in [-0.25, -0.2) is 4.98 Å². The van der Waals surface area contributed by atoms with Crippen molar-refractivity contribution >= 4 is 17.3 Å². The number of carbonyl (C=O) groups excluding carboxylic acids is 1. The summed E-state index contributed by atoms with van der Waals surface area (Å²) in [6.45, 7) is 6.32. The Morgan fingerprint density at radius 3 is 2.79 bits per heavy atom. The van der Waals surface area contributed by atoms with Gasteiger partial charge in [0, 0.05) is 43.0 Å². The van der Waals surface area contributed by atoms with Crippen LogP contribution in [0, 0.1) is 16.0 Å². The molecule has 0 saturated carbocycles. The lowest BCUT2D eigenvalue weighted by molar-refractivity contribution is -0.384. The second kappa shape index (κ2) is 9.36. The number of benzene rings is 1. The van der Waals surface area contributed by atoms with Gasteiger partial charge in [-0.3, -0.25) is 14.9 Å². The van der Waals surface area contributed by atoms with Gasteiger partial charge in [0.2, 0.25) is 5.88 Å². The summed E-state index contributed by atoms with van der Waals surface area (Å²) in [5.74, 6) is 0.721. The number of nitrogens with zero attached hydrogens (tertiary/aromatic N) is 3. The topological polar surface area (TPSA) is 97.6 Å². The van der Waals surface area contributed by atoms with Crippen molar-refractivity contribution in [2.24, 2.45) is 5.92 Å². The van der Waals surface area contributed by atoms with Gasteiger partial charge >= 0.3 is 0 Å². The summed E-state index contributed by atoms with van der Waals surface area (Å²) in [7, 11) is 0. The predicted molar refractivity (Wildman–Crippen MR) is 110 cm³/mol. The summed E-state index contributed by atoms with van der Waals surface area (Å²) in [5, 5.41) is 14.4. The number of aromatic nitrogens is 1. The molecule has 154 valence electrons. The quantitative estimate of drug-likeness (QED) is 0.566. The Balaban J connectivity index is 1.74. The molecule has 1 N–H and O–H groups in total. The lowest BCUT2D eigenvalue weighted by atomic mass is 9.98. The number of piperidine rings is 1. The number of carbonyl (C=O) groups is 1. The third-order valence-corrected chi connectivity index (χ3v) is 5.13. The van der Waals surface area contributed by atoms with E-state index in [4.69, 9.17) is 4.74 Å². The number of rotatable bonds is 7. The number of anilines is 1. The zero-order valence-corrected chi connectivity index (χ0v) is 16.8. The number of hydrogen-bond donors (Lipinski definition) is 1. The largest absolute Gasteiger partial charge is 0.478 e. The monoisotopic (exact) mass is 398 g/mol. The minimum atomic E-state index is -0.418. The summed E-state index contributed by atoms with van der Waals surface area (Å²) < 4.78 is 5.46.